The van der Waals surface area contributed by atoms with Crippen LogP contribution in [0.5, 0.6) is 0 Å². The number of benzene rings is 5. The van der Waals surface area contributed by atoms with Crippen molar-refractivity contribution >= 4 is 60.8 Å². The van der Waals surface area contributed by atoms with Gasteiger partial charge >= 0.3 is 0 Å². The summed E-state index contributed by atoms with van der Waals surface area (Å²) in [7, 11) is 0. The number of nitrogens with zero attached hydrogens (tertiary/aromatic N) is 4. The fourth-order valence-electron chi connectivity index (χ4n) is 6.07. The average molecular weight is 489 g/mol. The molecule has 5 heteroatoms. The highest BCUT2D eigenvalue weighted by Crippen LogP contribution is 2.39. The maximum absolute atomic E-state index is 6.47. The van der Waals surface area contributed by atoms with E-state index in [0.717, 1.165) is 66.8 Å². The summed E-state index contributed by atoms with van der Waals surface area (Å²) in [5.41, 5.74) is 9.31. The molecule has 38 heavy (non-hydrogen) atoms. The molecule has 0 saturated heterocycles. The number of fused-ring (bicyclic) bond motifs is 10. The topological polar surface area (TPSA) is 40.3 Å². The second kappa shape index (κ2) is 7.14. The molecule has 9 aromatic rings. The lowest BCUT2D eigenvalue weighted by molar-refractivity contribution is 0.645. The molecular weight excluding hydrogens is 468 g/mol. The van der Waals surface area contributed by atoms with E-state index in [2.05, 4.69) is 117 Å². The fraction of sp³-hybridized carbons (Fsp3) is 0. The number of hydrogen-bond donors (Lipinski definition) is 0. The molecule has 5 nitrogen and oxygen atoms in total. The Morgan fingerprint density at radius 2 is 1.18 bits per heavy atom. The molecule has 0 spiro atoms. The summed E-state index contributed by atoms with van der Waals surface area (Å²) >= 11 is 0. The normalized spacial score (nSPS) is 12.2. The van der Waals surface area contributed by atoms with Crippen LogP contribution < -0.4 is 0 Å². The lowest BCUT2D eigenvalue weighted by Gasteiger charge is -2.10. The lowest BCUT2D eigenvalue weighted by atomic mass is 10.1. The molecule has 0 fully saturated rings. The van der Waals surface area contributed by atoms with E-state index in [1.165, 1.54) is 5.39 Å². The summed E-state index contributed by atoms with van der Waals surface area (Å²) in [4.78, 5) is 5.05. The first-order chi connectivity index (χ1) is 18.9. The van der Waals surface area contributed by atoms with Gasteiger partial charge in [-0.2, -0.15) is 0 Å². The van der Waals surface area contributed by atoms with E-state index >= 15 is 0 Å². The second-order valence-corrected chi connectivity index (χ2v) is 9.71. The Labute approximate surface area is 216 Å². The second-order valence-electron chi connectivity index (χ2n) is 9.71. The number of furan rings is 1. The SMILES string of the molecule is c1cc(-n2c3ccccc3c3c4ccccc4oc32)cc(-n2c3ccccc3n3c4ccccc4nc23)c1. The molecule has 4 aromatic heterocycles. The van der Waals surface area contributed by atoms with Gasteiger partial charge in [-0.05, 0) is 54.6 Å². The first-order valence-corrected chi connectivity index (χ1v) is 12.7. The Balaban J connectivity index is 1.37. The van der Waals surface area contributed by atoms with Crippen molar-refractivity contribution in [1.82, 2.24) is 18.5 Å². The summed E-state index contributed by atoms with van der Waals surface area (Å²) in [6, 6.07) is 42.2. The van der Waals surface area contributed by atoms with Crippen molar-refractivity contribution in [2.75, 3.05) is 0 Å². The summed E-state index contributed by atoms with van der Waals surface area (Å²) < 4.78 is 13.2. The monoisotopic (exact) mass is 488 g/mol. The van der Waals surface area contributed by atoms with Gasteiger partial charge in [0.1, 0.15) is 5.58 Å². The molecule has 0 bridgehead atoms. The predicted molar refractivity (Wildman–Crippen MR) is 154 cm³/mol. The largest absolute Gasteiger partial charge is 0.439 e. The fourth-order valence-corrected chi connectivity index (χ4v) is 6.07. The number of rotatable bonds is 2. The predicted octanol–water partition coefficient (Wildman–Crippen LogP) is 8.27. The van der Waals surface area contributed by atoms with E-state index in [9.17, 15) is 0 Å². The van der Waals surface area contributed by atoms with Gasteiger partial charge in [-0.15, -0.1) is 0 Å². The minimum atomic E-state index is 0.860. The molecule has 4 heterocycles. The van der Waals surface area contributed by atoms with Crippen LogP contribution in [0.25, 0.3) is 72.2 Å². The maximum atomic E-state index is 6.47. The maximum Gasteiger partial charge on any atom is 0.220 e. The van der Waals surface area contributed by atoms with Crippen LogP contribution in [0.4, 0.5) is 0 Å². The Hall–Kier alpha value is -5.29. The Bertz CT molecular complexity index is 2200. The van der Waals surface area contributed by atoms with E-state index in [1.807, 2.05) is 18.2 Å². The minimum Gasteiger partial charge on any atom is -0.439 e. The van der Waals surface area contributed by atoms with Crippen LogP contribution in [-0.4, -0.2) is 18.5 Å². The van der Waals surface area contributed by atoms with Crippen LogP contribution >= 0.6 is 0 Å². The molecule has 0 radical (unpaired) electrons. The summed E-state index contributed by atoms with van der Waals surface area (Å²) in [5, 5.41) is 3.47. The van der Waals surface area contributed by atoms with Crippen LogP contribution in [0, 0.1) is 0 Å². The molecule has 178 valence electrons. The zero-order valence-corrected chi connectivity index (χ0v) is 20.2. The number of imidazole rings is 2. The van der Waals surface area contributed by atoms with Crippen molar-refractivity contribution in [1.29, 1.82) is 0 Å². The van der Waals surface area contributed by atoms with E-state index in [0.29, 0.717) is 0 Å². The Morgan fingerprint density at radius 3 is 2.05 bits per heavy atom. The van der Waals surface area contributed by atoms with Gasteiger partial charge in [-0.3, -0.25) is 13.5 Å². The smallest absolute Gasteiger partial charge is 0.220 e. The third kappa shape index (κ3) is 2.47. The van der Waals surface area contributed by atoms with E-state index in [4.69, 9.17) is 9.40 Å². The van der Waals surface area contributed by atoms with Crippen LogP contribution in [0.2, 0.25) is 0 Å². The van der Waals surface area contributed by atoms with Gasteiger partial charge in [-0.25, -0.2) is 4.98 Å². The number of hydrogen-bond acceptors (Lipinski definition) is 2. The van der Waals surface area contributed by atoms with Crippen LogP contribution in [-0.2, 0) is 0 Å². The highest BCUT2D eigenvalue weighted by molar-refractivity contribution is 6.19. The van der Waals surface area contributed by atoms with Gasteiger partial charge < -0.3 is 4.42 Å². The van der Waals surface area contributed by atoms with Gasteiger partial charge in [0.05, 0.1) is 44.3 Å². The molecule has 0 saturated carbocycles. The summed E-state index contributed by atoms with van der Waals surface area (Å²) in [6.07, 6.45) is 0. The molecule has 0 aliphatic heterocycles. The molecular formula is C33H20N4O. The molecule has 0 atom stereocenters. The molecule has 9 rings (SSSR count). The zero-order chi connectivity index (χ0) is 24.8. The van der Waals surface area contributed by atoms with E-state index in [1.54, 1.807) is 0 Å². The number of aromatic nitrogens is 4. The van der Waals surface area contributed by atoms with Crippen molar-refractivity contribution in [3.63, 3.8) is 0 Å². The van der Waals surface area contributed by atoms with Crippen molar-refractivity contribution < 1.29 is 4.42 Å². The van der Waals surface area contributed by atoms with Crippen LogP contribution in [0.3, 0.4) is 0 Å². The summed E-state index contributed by atoms with van der Waals surface area (Å²) in [6.45, 7) is 0. The van der Waals surface area contributed by atoms with Gasteiger partial charge in [-0.1, -0.05) is 66.7 Å². The molecule has 0 aliphatic carbocycles. The molecule has 5 aromatic carbocycles. The standard InChI is InChI=1S/C33H20N4O/c1-4-15-26-23(12-1)31-24-13-2-8-19-30(24)38-32(31)35(26)21-10-9-11-22(20-21)36-28-17-6-7-18-29(28)37-27-16-5-3-14-25(27)34-33(36)37/h1-20H. The van der Waals surface area contributed by atoms with E-state index < -0.39 is 0 Å². The Morgan fingerprint density at radius 1 is 0.526 bits per heavy atom. The first kappa shape index (κ1) is 19.8. The average Bonchev–Trinajstić information content (AvgIpc) is 3.69. The quantitative estimate of drug-likeness (QED) is 0.246. The highest BCUT2D eigenvalue weighted by Gasteiger charge is 2.20. The summed E-state index contributed by atoms with van der Waals surface area (Å²) in [5.74, 6) is 0.899. The molecule has 0 unspecified atom stereocenters. The van der Waals surface area contributed by atoms with Crippen molar-refractivity contribution in [3.05, 3.63) is 121 Å². The van der Waals surface area contributed by atoms with E-state index in [-0.39, 0.29) is 0 Å². The van der Waals surface area contributed by atoms with Crippen molar-refractivity contribution in [2.24, 2.45) is 0 Å². The lowest BCUT2D eigenvalue weighted by Crippen LogP contribution is -1.99. The zero-order valence-electron chi connectivity index (χ0n) is 20.2. The molecule has 0 N–H and O–H groups in total. The third-order valence-electron chi connectivity index (χ3n) is 7.65. The highest BCUT2D eigenvalue weighted by atomic mass is 16.3. The van der Waals surface area contributed by atoms with Crippen molar-refractivity contribution in [3.8, 4) is 11.4 Å². The van der Waals surface area contributed by atoms with Crippen LogP contribution in [0.1, 0.15) is 0 Å². The first-order valence-electron chi connectivity index (χ1n) is 12.7. The van der Waals surface area contributed by atoms with Gasteiger partial charge in [0.2, 0.25) is 11.5 Å². The molecule has 0 amide bonds. The Kier molecular flexibility index (Phi) is 3.73. The van der Waals surface area contributed by atoms with Crippen LogP contribution in [0.15, 0.2) is 126 Å². The van der Waals surface area contributed by atoms with Crippen molar-refractivity contribution in [2.45, 2.75) is 0 Å². The minimum absolute atomic E-state index is 0.860. The third-order valence-corrected chi connectivity index (χ3v) is 7.65. The van der Waals surface area contributed by atoms with Gasteiger partial charge in [0, 0.05) is 10.8 Å². The van der Waals surface area contributed by atoms with Gasteiger partial charge in [0.25, 0.3) is 0 Å². The number of para-hydroxylation sites is 6. The molecule has 0 aliphatic rings. The van der Waals surface area contributed by atoms with Gasteiger partial charge in [0.15, 0.2) is 0 Å².